The first-order chi connectivity index (χ1) is 7.41. The monoisotopic (exact) mass is 286 g/mol. The number of anilines is 1. The van der Waals surface area contributed by atoms with Crippen molar-refractivity contribution in [2.75, 3.05) is 5.32 Å². The maximum absolute atomic E-state index is 11.4. The van der Waals surface area contributed by atoms with Crippen molar-refractivity contribution in [3.63, 3.8) is 0 Å². The van der Waals surface area contributed by atoms with Crippen LogP contribution in [0.5, 0.6) is 0 Å². The minimum atomic E-state index is -0.512. The number of carbonyl (C=O) groups excluding carboxylic acids is 1. The zero-order valence-electron chi connectivity index (χ0n) is 8.86. The lowest BCUT2D eigenvalue weighted by atomic mass is 10.2. The van der Waals surface area contributed by atoms with Crippen LogP contribution in [0.25, 0.3) is 0 Å². The van der Waals surface area contributed by atoms with Crippen LogP contribution < -0.4 is 5.32 Å². The molecule has 1 aromatic carbocycles. The van der Waals surface area contributed by atoms with Crippen LogP contribution in [0.1, 0.15) is 12.5 Å². The van der Waals surface area contributed by atoms with Crippen molar-refractivity contribution in [2.45, 2.75) is 18.7 Å². The molecule has 6 heteroatoms. The van der Waals surface area contributed by atoms with Crippen molar-refractivity contribution in [2.24, 2.45) is 0 Å². The molecule has 0 aliphatic rings. The normalized spacial score (nSPS) is 11.9. The summed E-state index contributed by atoms with van der Waals surface area (Å²) in [7, 11) is 0. The molecule has 0 saturated carbocycles. The van der Waals surface area contributed by atoms with Gasteiger partial charge in [-0.15, -0.1) is 0 Å². The molecule has 5 nitrogen and oxygen atoms in total. The number of amides is 1. The number of halogens is 1. The number of nitrogens with zero attached hydrogens (tertiary/aromatic N) is 1. The number of alkyl halides is 1. The van der Waals surface area contributed by atoms with E-state index in [2.05, 4.69) is 21.2 Å². The first-order valence-electron chi connectivity index (χ1n) is 4.62. The van der Waals surface area contributed by atoms with Crippen LogP contribution in [0.4, 0.5) is 11.4 Å². The van der Waals surface area contributed by atoms with Gasteiger partial charge in [-0.2, -0.15) is 0 Å². The van der Waals surface area contributed by atoms with E-state index in [1.807, 2.05) is 0 Å². The van der Waals surface area contributed by atoms with Gasteiger partial charge < -0.3 is 5.32 Å². The highest BCUT2D eigenvalue weighted by molar-refractivity contribution is 9.10. The summed E-state index contributed by atoms with van der Waals surface area (Å²) in [5, 5.41) is 13.3. The summed E-state index contributed by atoms with van der Waals surface area (Å²) >= 11 is 3.09. The van der Waals surface area contributed by atoms with Gasteiger partial charge in [-0.25, -0.2) is 0 Å². The van der Waals surface area contributed by atoms with Gasteiger partial charge >= 0.3 is 0 Å². The zero-order chi connectivity index (χ0) is 12.3. The molecule has 1 amide bonds. The molecular weight excluding hydrogens is 276 g/mol. The second-order valence-electron chi connectivity index (χ2n) is 3.38. The van der Waals surface area contributed by atoms with Gasteiger partial charge in [0, 0.05) is 6.07 Å². The molecule has 0 aliphatic carbocycles. The van der Waals surface area contributed by atoms with Crippen LogP contribution in [0.3, 0.4) is 0 Å². The second-order valence-corrected chi connectivity index (χ2v) is 4.76. The molecule has 0 spiro atoms. The van der Waals surface area contributed by atoms with Crippen LogP contribution in [-0.2, 0) is 4.79 Å². The van der Waals surface area contributed by atoms with Crippen LogP contribution >= 0.6 is 15.9 Å². The standard InChI is InChI=1S/C10H11BrN2O3/c1-6-3-4-8(9(5-6)13(15)16)12-10(14)7(2)11/h3-5,7H,1-2H3,(H,12,14). The van der Waals surface area contributed by atoms with E-state index in [4.69, 9.17) is 0 Å². The van der Waals surface area contributed by atoms with E-state index >= 15 is 0 Å². The summed E-state index contributed by atoms with van der Waals surface area (Å²) in [6.07, 6.45) is 0. The quantitative estimate of drug-likeness (QED) is 0.527. The van der Waals surface area contributed by atoms with Gasteiger partial charge in [0.1, 0.15) is 5.69 Å². The van der Waals surface area contributed by atoms with Crippen molar-refractivity contribution in [1.82, 2.24) is 0 Å². The molecule has 1 N–H and O–H groups in total. The van der Waals surface area contributed by atoms with Gasteiger partial charge in [-0.05, 0) is 25.5 Å². The molecule has 1 rings (SSSR count). The van der Waals surface area contributed by atoms with Gasteiger partial charge in [-0.3, -0.25) is 14.9 Å². The number of nitro groups is 1. The van der Waals surface area contributed by atoms with E-state index in [9.17, 15) is 14.9 Å². The summed E-state index contributed by atoms with van der Waals surface area (Å²) in [6, 6.07) is 4.66. The second kappa shape index (κ2) is 5.07. The number of nitro benzene ring substituents is 1. The van der Waals surface area contributed by atoms with Gasteiger partial charge in [0.25, 0.3) is 5.69 Å². The Morgan fingerprint density at radius 3 is 2.69 bits per heavy atom. The van der Waals surface area contributed by atoms with Crippen molar-refractivity contribution in [3.05, 3.63) is 33.9 Å². The van der Waals surface area contributed by atoms with Crippen LogP contribution in [0.15, 0.2) is 18.2 Å². The molecule has 1 unspecified atom stereocenters. The fourth-order valence-corrected chi connectivity index (χ4v) is 1.25. The highest BCUT2D eigenvalue weighted by Crippen LogP contribution is 2.25. The summed E-state index contributed by atoms with van der Waals surface area (Å²) in [5.41, 5.74) is 0.894. The van der Waals surface area contributed by atoms with Gasteiger partial charge in [0.05, 0.1) is 9.75 Å². The average Bonchev–Trinajstić information content (AvgIpc) is 2.20. The Labute approximate surface area is 101 Å². The lowest BCUT2D eigenvalue weighted by Gasteiger charge is -2.07. The van der Waals surface area contributed by atoms with E-state index in [-0.39, 0.29) is 17.3 Å². The summed E-state index contributed by atoms with van der Waals surface area (Å²) in [4.78, 5) is 21.3. The predicted molar refractivity (Wildman–Crippen MR) is 64.9 cm³/mol. The maximum Gasteiger partial charge on any atom is 0.293 e. The third-order valence-corrected chi connectivity index (χ3v) is 2.38. The Bertz CT molecular complexity index is 432. The summed E-state index contributed by atoms with van der Waals surface area (Å²) in [6.45, 7) is 3.40. The highest BCUT2D eigenvalue weighted by atomic mass is 79.9. The van der Waals surface area contributed by atoms with Gasteiger partial charge in [0.2, 0.25) is 5.91 Å². The molecule has 1 atom stereocenters. The fraction of sp³-hybridized carbons (Fsp3) is 0.300. The third-order valence-electron chi connectivity index (χ3n) is 1.97. The lowest BCUT2D eigenvalue weighted by Crippen LogP contribution is -2.20. The number of nitrogens with one attached hydrogen (secondary N) is 1. The van der Waals surface area contributed by atoms with Crippen molar-refractivity contribution < 1.29 is 9.72 Å². The Kier molecular flexibility index (Phi) is 4.00. The predicted octanol–water partition coefficient (Wildman–Crippen LogP) is 2.63. The van der Waals surface area contributed by atoms with Crippen LogP contribution in [0.2, 0.25) is 0 Å². The largest absolute Gasteiger partial charge is 0.319 e. The van der Waals surface area contributed by atoms with Crippen LogP contribution in [0, 0.1) is 17.0 Å². The van der Waals surface area contributed by atoms with Crippen molar-refractivity contribution >= 4 is 33.2 Å². The Morgan fingerprint density at radius 1 is 1.56 bits per heavy atom. The van der Waals surface area contributed by atoms with Crippen molar-refractivity contribution in [3.8, 4) is 0 Å². The number of hydrogen-bond donors (Lipinski definition) is 1. The number of benzene rings is 1. The molecule has 0 aromatic heterocycles. The minimum absolute atomic E-state index is 0.0958. The van der Waals surface area contributed by atoms with Crippen LogP contribution in [-0.4, -0.2) is 15.7 Å². The molecule has 86 valence electrons. The smallest absolute Gasteiger partial charge is 0.293 e. The molecule has 0 aliphatic heterocycles. The Balaban J connectivity index is 3.04. The lowest BCUT2D eigenvalue weighted by molar-refractivity contribution is -0.384. The molecular formula is C10H11BrN2O3. The molecule has 0 saturated heterocycles. The Morgan fingerprint density at radius 2 is 2.19 bits per heavy atom. The molecule has 0 bridgehead atoms. The van der Waals surface area contributed by atoms with Gasteiger partial charge in [0.15, 0.2) is 0 Å². The van der Waals surface area contributed by atoms with Gasteiger partial charge in [-0.1, -0.05) is 22.0 Å². The SMILES string of the molecule is Cc1ccc(NC(=O)C(C)Br)c([N+](=O)[O-])c1. The first-order valence-corrected chi connectivity index (χ1v) is 5.53. The molecule has 0 heterocycles. The Hall–Kier alpha value is -1.43. The molecule has 16 heavy (non-hydrogen) atoms. The summed E-state index contributed by atoms with van der Waals surface area (Å²) < 4.78 is 0. The van der Waals surface area contributed by atoms with E-state index in [1.165, 1.54) is 12.1 Å². The zero-order valence-corrected chi connectivity index (χ0v) is 10.4. The number of rotatable bonds is 3. The molecule has 0 radical (unpaired) electrons. The topological polar surface area (TPSA) is 72.2 Å². The number of aryl methyl sites for hydroxylation is 1. The highest BCUT2D eigenvalue weighted by Gasteiger charge is 2.17. The average molecular weight is 287 g/mol. The molecule has 1 aromatic rings. The molecule has 0 fully saturated rings. The third kappa shape index (κ3) is 3.03. The van der Waals surface area contributed by atoms with E-state index < -0.39 is 9.75 Å². The van der Waals surface area contributed by atoms with E-state index in [1.54, 1.807) is 19.9 Å². The van der Waals surface area contributed by atoms with Crippen molar-refractivity contribution in [1.29, 1.82) is 0 Å². The number of carbonyl (C=O) groups is 1. The first kappa shape index (κ1) is 12.6. The van der Waals surface area contributed by atoms with E-state index in [0.717, 1.165) is 5.56 Å². The minimum Gasteiger partial charge on any atom is -0.319 e. The number of hydrogen-bond acceptors (Lipinski definition) is 3. The fourth-order valence-electron chi connectivity index (χ4n) is 1.13. The summed E-state index contributed by atoms with van der Waals surface area (Å²) in [5.74, 6) is -0.313. The maximum atomic E-state index is 11.4. The van der Waals surface area contributed by atoms with E-state index in [0.29, 0.717) is 0 Å².